The summed E-state index contributed by atoms with van der Waals surface area (Å²) < 4.78 is 12.0. The Bertz CT molecular complexity index is 860. The molecule has 7 heteroatoms. The number of nitrogens with two attached hydrogens (primary N) is 1. The number of carbonyl (C=O) groups is 2. The molecule has 0 saturated heterocycles. The molecule has 4 rings (SSSR count). The fourth-order valence-corrected chi connectivity index (χ4v) is 3.88. The number of anilines is 2. The van der Waals surface area contributed by atoms with Gasteiger partial charge in [0.2, 0.25) is 5.91 Å². The van der Waals surface area contributed by atoms with E-state index in [1.807, 2.05) is 4.90 Å². The van der Waals surface area contributed by atoms with Crippen LogP contribution < -0.4 is 10.6 Å². The highest BCUT2D eigenvalue weighted by molar-refractivity contribution is 5.95. The predicted molar refractivity (Wildman–Crippen MR) is 105 cm³/mol. The molecule has 3 N–H and O–H groups in total. The summed E-state index contributed by atoms with van der Waals surface area (Å²) >= 11 is 0. The average Bonchev–Trinajstić information content (AvgIpc) is 3.47. The quantitative estimate of drug-likeness (QED) is 0.825. The van der Waals surface area contributed by atoms with Crippen LogP contribution >= 0.6 is 0 Å². The van der Waals surface area contributed by atoms with Gasteiger partial charge in [-0.3, -0.25) is 4.79 Å². The normalized spacial score (nSPS) is 20.6. The molecule has 0 spiro atoms. The summed E-state index contributed by atoms with van der Waals surface area (Å²) in [7, 11) is 0. The molecule has 2 aliphatic rings. The van der Waals surface area contributed by atoms with E-state index < -0.39 is 5.97 Å². The third-order valence-corrected chi connectivity index (χ3v) is 5.20. The first kappa shape index (κ1) is 19.8. The molecule has 0 bridgehead atoms. The van der Waals surface area contributed by atoms with Crippen molar-refractivity contribution in [2.75, 3.05) is 10.6 Å². The van der Waals surface area contributed by atoms with Crippen LogP contribution in [0.3, 0.4) is 0 Å². The molecule has 2 atom stereocenters. The second-order valence-corrected chi connectivity index (χ2v) is 7.45. The van der Waals surface area contributed by atoms with Gasteiger partial charge in [-0.1, -0.05) is 6.92 Å². The van der Waals surface area contributed by atoms with Crippen LogP contribution in [0.5, 0.6) is 0 Å². The number of aromatic nitrogens is 1. The number of hydrogen-bond acceptors (Lipinski definition) is 4. The van der Waals surface area contributed by atoms with Crippen LogP contribution in [0.15, 0.2) is 36.5 Å². The molecule has 1 saturated carbocycles. The summed E-state index contributed by atoms with van der Waals surface area (Å²) in [5.41, 5.74) is 7.32. The summed E-state index contributed by atoms with van der Waals surface area (Å²) in [6.45, 7) is 3.76. The zero-order valence-corrected chi connectivity index (χ0v) is 15.9. The first-order valence-corrected chi connectivity index (χ1v) is 9.31. The second-order valence-electron chi connectivity index (χ2n) is 7.45. The molecule has 6 nitrogen and oxygen atoms in total. The van der Waals surface area contributed by atoms with Crippen molar-refractivity contribution in [3.63, 3.8) is 0 Å². The van der Waals surface area contributed by atoms with Gasteiger partial charge in [-0.2, -0.15) is 0 Å². The highest BCUT2D eigenvalue weighted by atomic mass is 19.1. The van der Waals surface area contributed by atoms with Crippen LogP contribution in [0.2, 0.25) is 0 Å². The Kier molecular flexibility index (Phi) is 5.63. The number of benzene rings is 1. The number of halogens is 1. The number of aromatic carboxylic acids is 1. The van der Waals surface area contributed by atoms with Gasteiger partial charge < -0.3 is 15.7 Å². The number of nitrogen functional groups attached to an aromatic ring is 1. The van der Waals surface area contributed by atoms with Crippen LogP contribution in [0, 0.1) is 17.7 Å². The standard InChI is InChI=1S/C16H19NO3.C5H5FN2/c1-9-7-13-8-12(16(19)20)5-6-14(13)17(10(2)18)15(9)11-3-4-11;6-4-1-2-5(7)8-3-4/h5-6,8-9,11,15H,3-4,7H2,1-2H3,(H,19,20);1-3H,(H2,7,8)/t9?,15-;/m1./s1. The van der Waals surface area contributed by atoms with E-state index in [9.17, 15) is 14.0 Å². The summed E-state index contributed by atoms with van der Waals surface area (Å²) in [5, 5.41) is 9.10. The van der Waals surface area contributed by atoms with Crippen molar-refractivity contribution in [2.45, 2.75) is 39.2 Å². The topological polar surface area (TPSA) is 96.5 Å². The minimum Gasteiger partial charge on any atom is -0.478 e. The molecular weight excluding hydrogens is 361 g/mol. The smallest absolute Gasteiger partial charge is 0.335 e. The fourth-order valence-electron chi connectivity index (χ4n) is 3.88. The van der Waals surface area contributed by atoms with Crippen molar-refractivity contribution in [1.29, 1.82) is 0 Å². The molecule has 2 heterocycles. The minimum atomic E-state index is -0.917. The molecule has 1 aromatic carbocycles. The van der Waals surface area contributed by atoms with Gasteiger partial charge in [0.05, 0.1) is 11.8 Å². The van der Waals surface area contributed by atoms with Crippen molar-refractivity contribution in [1.82, 2.24) is 4.98 Å². The number of rotatable bonds is 2. The summed E-state index contributed by atoms with van der Waals surface area (Å²) in [4.78, 5) is 28.5. The highest BCUT2D eigenvalue weighted by Gasteiger charge is 2.43. The maximum Gasteiger partial charge on any atom is 0.335 e. The van der Waals surface area contributed by atoms with Crippen molar-refractivity contribution in [3.05, 3.63) is 53.5 Å². The van der Waals surface area contributed by atoms with Crippen LogP contribution in [-0.4, -0.2) is 28.0 Å². The van der Waals surface area contributed by atoms with E-state index in [1.165, 1.54) is 25.0 Å². The largest absolute Gasteiger partial charge is 0.478 e. The van der Waals surface area contributed by atoms with E-state index >= 15 is 0 Å². The van der Waals surface area contributed by atoms with E-state index in [1.54, 1.807) is 25.1 Å². The molecule has 1 amide bonds. The highest BCUT2D eigenvalue weighted by Crippen LogP contribution is 2.45. The Morgan fingerprint density at radius 3 is 2.46 bits per heavy atom. The molecule has 1 unspecified atom stereocenters. The lowest BCUT2D eigenvalue weighted by atomic mass is 9.83. The molecule has 0 radical (unpaired) electrons. The molecular formula is C21H24FN3O3. The summed E-state index contributed by atoms with van der Waals surface area (Å²) in [5.74, 6) is 0.103. The SMILES string of the molecule is CC(=O)N1c2ccc(C(=O)O)cc2CC(C)[C@@H]1C1CC1.Nc1ccc(F)cn1. The van der Waals surface area contributed by atoms with Crippen LogP contribution in [-0.2, 0) is 11.2 Å². The van der Waals surface area contributed by atoms with Gasteiger partial charge in [-0.15, -0.1) is 0 Å². The number of hydrogen-bond donors (Lipinski definition) is 2. The zero-order valence-electron chi connectivity index (χ0n) is 15.9. The summed E-state index contributed by atoms with van der Waals surface area (Å²) in [6.07, 6.45) is 4.32. The average molecular weight is 385 g/mol. The monoisotopic (exact) mass is 385 g/mol. The molecule has 28 heavy (non-hydrogen) atoms. The lowest BCUT2D eigenvalue weighted by Gasteiger charge is -2.41. The molecule has 148 valence electrons. The Balaban J connectivity index is 0.000000236. The maximum atomic E-state index is 12.1. The van der Waals surface area contributed by atoms with Crippen molar-refractivity contribution < 1.29 is 19.1 Å². The number of amides is 1. The predicted octanol–water partition coefficient (Wildman–Crippen LogP) is 3.51. The van der Waals surface area contributed by atoms with E-state index in [0.29, 0.717) is 23.2 Å². The van der Waals surface area contributed by atoms with Gasteiger partial charge >= 0.3 is 5.97 Å². The van der Waals surface area contributed by atoms with Gasteiger partial charge in [0.1, 0.15) is 11.6 Å². The van der Waals surface area contributed by atoms with E-state index in [2.05, 4.69) is 11.9 Å². The van der Waals surface area contributed by atoms with E-state index in [4.69, 9.17) is 10.8 Å². The van der Waals surface area contributed by atoms with Crippen LogP contribution in [0.25, 0.3) is 0 Å². The van der Waals surface area contributed by atoms with Crippen LogP contribution in [0.4, 0.5) is 15.9 Å². The number of fused-ring (bicyclic) bond motifs is 1. The Morgan fingerprint density at radius 1 is 1.25 bits per heavy atom. The molecule has 1 fully saturated rings. The van der Waals surface area contributed by atoms with Gasteiger partial charge in [0.25, 0.3) is 0 Å². The van der Waals surface area contributed by atoms with Crippen molar-refractivity contribution in [2.24, 2.45) is 11.8 Å². The van der Waals surface area contributed by atoms with E-state index in [-0.39, 0.29) is 17.8 Å². The van der Waals surface area contributed by atoms with E-state index in [0.717, 1.165) is 23.9 Å². The molecule has 1 aliphatic heterocycles. The van der Waals surface area contributed by atoms with Gasteiger partial charge in [-0.05, 0) is 67.0 Å². The molecule has 2 aromatic rings. The lowest BCUT2D eigenvalue weighted by Crippen LogP contribution is -2.48. The Labute approximate surface area is 163 Å². The van der Waals surface area contributed by atoms with Gasteiger partial charge in [0.15, 0.2) is 0 Å². The fraction of sp³-hybridized carbons (Fsp3) is 0.381. The first-order chi connectivity index (χ1) is 13.3. The van der Waals surface area contributed by atoms with Gasteiger partial charge in [0, 0.05) is 18.7 Å². The lowest BCUT2D eigenvalue weighted by molar-refractivity contribution is -0.117. The number of nitrogens with zero attached hydrogens (tertiary/aromatic N) is 2. The third-order valence-electron chi connectivity index (χ3n) is 5.20. The molecule has 1 aromatic heterocycles. The number of carboxylic acids is 1. The molecule has 1 aliphatic carbocycles. The van der Waals surface area contributed by atoms with Crippen molar-refractivity contribution >= 4 is 23.4 Å². The van der Waals surface area contributed by atoms with Crippen molar-refractivity contribution in [3.8, 4) is 0 Å². The third kappa shape index (κ3) is 4.30. The van der Waals surface area contributed by atoms with Gasteiger partial charge in [-0.25, -0.2) is 14.2 Å². The Hall–Kier alpha value is -2.96. The maximum absolute atomic E-state index is 12.1. The second kappa shape index (κ2) is 7.96. The number of carbonyl (C=O) groups excluding carboxylic acids is 1. The number of carboxylic acid groups (broad SMARTS) is 1. The summed E-state index contributed by atoms with van der Waals surface area (Å²) in [6, 6.07) is 8.05. The zero-order chi connectivity index (χ0) is 20.4. The van der Waals surface area contributed by atoms with Crippen LogP contribution in [0.1, 0.15) is 42.6 Å². The number of pyridine rings is 1. The first-order valence-electron chi connectivity index (χ1n) is 9.31. The minimum absolute atomic E-state index is 0.0535. The Morgan fingerprint density at radius 2 is 1.96 bits per heavy atom.